The van der Waals surface area contributed by atoms with E-state index in [9.17, 15) is 9.79 Å². The second kappa shape index (κ2) is 12.3. The zero-order chi connectivity index (χ0) is 13.3. The van der Waals surface area contributed by atoms with Crippen molar-refractivity contribution in [3.8, 4) is 0 Å². The molecule has 0 amide bonds. The fourth-order valence-corrected chi connectivity index (χ4v) is 7.34. The van der Waals surface area contributed by atoms with Crippen LogP contribution in [-0.4, -0.2) is 11.5 Å². The minimum Gasteiger partial charge on any atom is -0.790 e. The number of hydrogen-bond donors (Lipinski definition) is 0. The summed E-state index contributed by atoms with van der Waals surface area (Å²) in [6, 6.07) is 0. The Hall–Kier alpha value is 1.54. The summed E-state index contributed by atoms with van der Waals surface area (Å²) in [6.07, 6.45) is 4.65. The smallest absolute Gasteiger partial charge is 0.790 e. The maximum absolute atomic E-state index is 11.8. The normalized spacial score (nSPS) is 13.3. The molecule has 0 aromatic carbocycles. The van der Waals surface area contributed by atoms with Crippen LogP contribution in [0.1, 0.15) is 53.4 Å². The first-order valence-electron chi connectivity index (χ1n) is 6.51. The van der Waals surface area contributed by atoms with E-state index in [-0.39, 0.29) is 19.5 Å². The summed E-state index contributed by atoms with van der Waals surface area (Å²) in [5.74, 6) is 2.47. The minimum absolute atomic E-state index is 0. The number of unbranched alkanes of at least 4 members (excludes halogenated alkanes) is 1. The van der Waals surface area contributed by atoms with Gasteiger partial charge >= 0.3 is 19.5 Å². The zero-order valence-electron chi connectivity index (χ0n) is 12.2. The van der Waals surface area contributed by atoms with Crippen LogP contribution in [0.3, 0.4) is 0 Å². The second-order valence-electron chi connectivity index (χ2n) is 4.85. The van der Waals surface area contributed by atoms with E-state index in [1.54, 1.807) is 0 Å². The molecule has 18 heavy (non-hydrogen) atoms. The zero-order valence-corrected chi connectivity index (χ0v) is 17.7. The molecule has 0 N–H and O–H groups in total. The van der Waals surface area contributed by atoms with Crippen molar-refractivity contribution in [2.45, 2.75) is 53.4 Å². The Morgan fingerprint density at radius 1 is 1.22 bits per heavy atom. The molecule has 0 aliphatic rings. The first kappa shape index (κ1) is 21.8. The maximum atomic E-state index is 11.8. The fourth-order valence-electron chi connectivity index (χ4n) is 1.37. The van der Waals surface area contributed by atoms with Crippen LogP contribution in [0.2, 0.25) is 0 Å². The van der Waals surface area contributed by atoms with Gasteiger partial charge in [0.1, 0.15) is 10.9 Å². The summed E-state index contributed by atoms with van der Waals surface area (Å²) in [4.78, 5) is 23.6. The van der Waals surface area contributed by atoms with Gasteiger partial charge < -0.3 is 9.79 Å². The van der Waals surface area contributed by atoms with Gasteiger partial charge in [-0.15, -0.1) is 11.4 Å². The molecule has 1 atom stereocenters. The molecule has 0 aliphatic carbocycles. The van der Waals surface area contributed by atoms with Gasteiger partial charge in [0, 0.05) is 17.4 Å². The van der Waals surface area contributed by atoms with E-state index < -0.39 is 5.69 Å². The van der Waals surface area contributed by atoms with Crippen molar-refractivity contribution in [2.75, 3.05) is 11.5 Å². The van der Waals surface area contributed by atoms with Crippen LogP contribution >= 0.6 is 17.1 Å². The predicted molar refractivity (Wildman–Crippen MR) is 79.8 cm³/mol. The molecule has 6 heteroatoms. The topological polar surface area (TPSA) is 46.1 Å². The van der Waals surface area contributed by atoms with Gasteiger partial charge in [-0.3, -0.25) is 0 Å². The Bertz CT molecular complexity index is 244. The summed E-state index contributed by atoms with van der Waals surface area (Å²) in [5, 5.41) is 0. The van der Waals surface area contributed by atoms with Gasteiger partial charge in [0.2, 0.25) is 0 Å². The Balaban J connectivity index is 0. The first-order valence-corrected chi connectivity index (χ1v) is 11.3. The van der Waals surface area contributed by atoms with Crippen LogP contribution in [0, 0.1) is 11.8 Å². The van der Waals surface area contributed by atoms with E-state index in [2.05, 4.69) is 13.8 Å². The molecule has 0 fully saturated rings. The monoisotopic (exact) mass is 361 g/mol. The number of hydrogen-bond acceptors (Lipinski definition) is 3. The standard InChI is InChI=1S/C12H26O2PS2.Zn/c1-5-7-8-12(6-2)10-17-15(13,14)16-9-11(3)4;/h11-12H,5-10H2,1-4H3;/q-1;+2. The largest absolute Gasteiger partial charge is 2.00 e. The Morgan fingerprint density at radius 2 is 1.83 bits per heavy atom. The van der Waals surface area contributed by atoms with Crippen LogP contribution in [-0.2, 0) is 30.4 Å². The Morgan fingerprint density at radius 3 is 2.28 bits per heavy atom. The molecule has 0 saturated carbocycles. The second-order valence-corrected chi connectivity index (χ2v) is 12.1. The van der Waals surface area contributed by atoms with Gasteiger partial charge in [-0.1, -0.05) is 40.5 Å². The summed E-state index contributed by atoms with van der Waals surface area (Å²) < 4.78 is 0. The summed E-state index contributed by atoms with van der Waals surface area (Å²) >= 11 is 1.13. The van der Waals surface area contributed by atoms with Crippen molar-refractivity contribution in [1.29, 1.82) is 0 Å². The fraction of sp³-hybridized carbons (Fsp3) is 1.00. The van der Waals surface area contributed by atoms with Crippen molar-refractivity contribution < 1.29 is 29.3 Å². The Kier molecular flexibility index (Phi) is 14.9. The van der Waals surface area contributed by atoms with Gasteiger partial charge in [0.25, 0.3) is 0 Å². The van der Waals surface area contributed by atoms with Crippen molar-refractivity contribution in [1.82, 2.24) is 0 Å². The third-order valence-electron chi connectivity index (χ3n) is 2.58. The maximum Gasteiger partial charge on any atom is 2.00 e. The average molecular weight is 363 g/mol. The van der Waals surface area contributed by atoms with Crippen LogP contribution in [0.4, 0.5) is 0 Å². The van der Waals surface area contributed by atoms with Gasteiger partial charge in [-0.2, -0.15) is 0 Å². The molecule has 0 aliphatic heterocycles. The molecule has 0 saturated heterocycles. The molecule has 1 unspecified atom stereocenters. The van der Waals surface area contributed by atoms with E-state index in [1.165, 1.54) is 23.8 Å². The van der Waals surface area contributed by atoms with Crippen molar-refractivity contribution in [3.05, 3.63) is 0 Å². The molecule has 0 bridgehead atoms. The van der Waals surface area contributed by atoms with Gasteiger partial charge in [0.05, 0.1) is 0 Å². The molecule has 104 valence electrons. The number of rotatable bonds is 9. The molecular formula is C12H26O2PS2Zn+. The quantitative estimate of drug-likeness (QED) is 0.360. The van der Waals surface area contributed by atoms with Gasteiger partial charge in [-0.05, 0) is 18.8 Å². The summed E-state index contributed by atoms with van der Waals surface area (Å²) in [7, 11) is 1.17. The van der Waals surface area contributed by atoms with Gasteiger partial charge in [0.15, 0.2) is 5.75 Å². The van der Waals surface area contributed by atoms with E-state index >= 15 is 0 Å². The average Bonchev–Trinajstić information content (AvgIpc) is 2.27. The summed E-state index contributed by atoms with van der Waals surface area (Å²) in [5.41, 5.74) is -3.26. The van der Waals surface area contributed by atoms with Gasteiger partial charge in [-0.25, -0.2) is 0 Å². The van der Waals surface area contributed by atoms with E-state index in [1.807, 2.05) is 13.8 Å². The van der Waals surface area contributed by atoms with Crippen molar-refractivity contribution in [2.24, 2.45) is 11.8 Å². The molecule has 0 heterocycles. The molecule has 0 aromatic rings. The van der Waals surface area contributed by atoms with E-state index in [0.29, 0.717) is 17.6 Å². The first-order chi connectivity index (χ1) is 7.91. The van der Waals surface area contributed by atoms with E-state index in [4.69, 9.17) is 0 Å². The molecule has 0 aromatic heterocycles. The SMILES string of the molecule is CCCCC(CC)C[S+]=P([O-])([O-])SCC(C)C.[Zn+2]. The molecule has 0 radical (unpaired) electrons. The molecule has 2 nitrogen and oxygen atoms in total. The van der Waals surface area contributed by atoms with E-state index in [0.717, 1.165) is 30.0 Å². The third kappa shape index (κ3) is 12.6. The van der Waals surface area contributed by atoms with Crippen LogP contribution < -0.4 is 9.79 Å². The van der Waals surface area contributed by atoms with Crippen LogP contribution in [0.25, 0.3) is 0 Å². The van der Waals surface area contributed by atoms with Crippen molar-refractivity contribution >= 4 is 28.0 Å². The summed E-state index contributed by atoms with van der Waals surface area (Å²) in [6.45, 7) is 8.43. The van der Waals surface area contributed by atoms with Crippen LogP contribution in [0.5, 0.6) is 0 Å². The predicted octanol–water partition coefficient (Wildman–Crippen LogP) is 3.07. The molecule has 0 spiro atoms. The van der Waals surface area contributed by atoms with Crippen molar-refractivity contribution in [3.63, 3.8) is 0 Å². The Labute approximate surface area is 133 Å². The molecule has 0 rings (SSSR count). The van der Waals surface area contributed by atoms with Crippen LogP contribution in [0.15, 0.2) is 0 Å². The third-order valence-corrected chi connectivity index (χ3v) is 9.34. The minimum atomic E-state index is -3.26. The molecular weight excluding hydrogens is 337 g/mol.